The summed E-state index contributed by atoms with van der Waals surface area (Å²) >= 11 is 0. The van der Waals surface area contributed by atoms with Crippen LogP contribution in [0, 0.1) is 0 Å². The number of halogens is 2. The molecule has 1 heterocycles. The minimum atomic E-state index is -0.399. The summed E-state index contributed by atoms with van der Waals surface area (Å²) in [6.07, 6.45) is 3.31. The number of hydrogen-bond donors (Lipinski definition) is 2. The van der Waals surface area contributed by atoms with Crippen molar-refractivity contribution in [1.29, 1.82) is 0 Å². The molecule has 6 heteroatoms. The van der Waals surface area contributed by atoms with E-state index in [4.69, 9.17) is 5.73 Å². The quantitative estimate of drug-likeness (QED) is 0.830. The predicted octanol–water partition coefficient (Wildman–Crippen LogP) is 2.48. The van der Waals surface area contributed by atoms with E-state index in [1.807, 2.05) is 6.92 Å². The van der Waals surface area contributed by atoms with Crippen molar-refractivity contribution < 1.29 is 4.79 Å². The third-order valence-electron chi connectivity index (χ3n) is 3.87. The van der Waals surface area contributed by atoms with Crippen molar-refractivity contribution in [1.82, 2.24) is 10.2 Å². The van der Waals surface area contributed by atoms with Crippen LogP contribution in [0.1, 0.15) is 37.3 Å². The second-order valence-electron chi connectivity index (χ2n) is 5.53. The van der Waals surface area contributed by atoms with Crippen LogP contribution < -0.4 is 11.1 Å². The molecular weight excluding hydrogens is 321 g/mol. The maximum atomic E-state index is 11.6. The topological polar surface area (TPSA) is 58.4 Å². The van der Waals surface area contributed by atoms with Gasteiger partial charge in [0, 0.05) is 13.1 Å². The monoisotopic (exact) mass is 347 g/mol. The lowest BCUT2D eigenvalue weighted by atomic mass is 10.1. The normalized spacial score (nSPS) is 15.5. The lowest BCUT2D eigenvalue weighted by Gasteiger charge is -2.15. The third-order valence-corrected chi connectivity index (χ3v) is 3.87. The van der Waals surface area contributed by atoms with E-state index in [0.717, 1.165) is 12.1 Å². The molecule has 1 aliphatic heterocycles. The zero-order valence-electron chi connectivity index (χ0n) is 13.1. The van der Waals surface area contributed by atoms with E-state index in [9.17, 15) is 4.79 Å². The minimum Gasteiger partial charge on any atom is -0.351 e. The van der Waals surface area contributed by atoms with Crippen LogP contribution in [0.4, 0.5) is 0 Å². The molecule has 0 spiro atoms. The highest BCUT2D eigenvalue weighted by Gasteiger charge is 2.12. The summed E-state index contributed by atoms with van der Waals surface area (Å²) in [5.74, 6) is -0.0753. The van der Waals surface area contributed by atoms with Crippen molar-refractivity contribution in [3.63, 3.8) is 0 Å². The molecule has 1 fully saturated rings. The summed E-state index contributed by atoms with van der Waals surface area (Å²) < 4.78 is 0. The van der Waals surface area contributed by atoms with Crippen LogP contribution in [0.25, 0.3) is 0 Å². The molecule has 2 rings (SSSR count). The summed E-state index contributed by atoms with van der Waals surface area (Å²) in [6.45, 7) is 5.93. The van der Waals surface area contributed by atoms with Crippen molar-refractivity contribution in [2.75, 3.05) is 13.1 Å². The zero-order valence-corrected chi connectivity index (χ0v) is 14.7. The van der Waals surface area contributed by atoms with Gasteiger partial charge in [0.1, 0.15) is 0 Å². The van der Waals surface area contributed by atoms with Gasteiger partial charge in [0.15, 0.2) is 0 Å². The Balaban J connectivity index is 0.00000220. The Kier molecular flexibility index (Phi) is 10.4. The van der Waals surface area contributed by atoms with E-state index in [0.29, 0.717) is 13.0 Å². The number of benzene rings is 1. The molecule has 0 bridgehead atoms. The van der Waals surface area contributed by atoms with Crippen LogP contribution in [-0.2, 0) is 17.9 Å². The first-order valence-electron chi connectivity index (χ1n) is 7.52. The Hall–Kier alpha value is -0.810. The first-order chi connectivity index (χ1) is 9.69. The van der Waals surface area contributed by atoms with Crippen molar-refractivity contribution in [2.45, 2.75) is 45.3 Å². The number of carbonyl (C=O) groups excluding carboxylic acids is 1. The molecule has 0 aromatic heterocycles. The van der Waals surface area contributed by atoms with Crippen molar-refractivity contribution in [2.24, 2.45) is 5.73 Å². The standard InChI is InChI=1S/C16H25N3O.2ClH/c1-2-15(17)16(20)18-11-13-5-7-14(8-6-13)12-19-9-3-4-10-19;;/h5-8,15H,2-4,9-12,17H2,1H3,(H,18,20);2*1H/t15-;;/m0../s1. The number of nitrogens with one attached hydrogen (secondary N) is 1. The summed E-state index contributed by atoms with van der Waals surface area (Å²) in [4.78, 5) is 14.1. The zero-order chi connectivity index (χ0) is 14.4. The minimum absolute atomic E-state index is 0. The van der Waals surface area contributed by atoms with Crippen LogP contribution in [0.3, 0.4) is 0 Å². The lowest BCUT2D eigenvalue weighted by Crippen LogP contribution is -2.39. The van der Waals surface area contributed by atoms with Gasteiger partial charge in [-0.25, -0.2) is 0 Å². The number of likely N-dealkylation sites (tertiary alicyclic amines) is 1. The Morgan fingerprint density at radius 3 is 2.27 bits per heavy atom. The van der Waals surface area contributed by atoms with E-state index in [1.165, 1.54) is 31.5 Å². The molecule has 1 aliphatic rings. The van der Waals surface area contributed by atoms with Gasteiger partial charge in [0.25, 0.3) is 0 Å². The first-order valence-corrected chi connectivity index (χ1v) is 7.52. The van der Waals surface area contributed by atoms with Crippen LogP contribution in [0.5, 0.6) is 0 Å². The molecule has 1 aromatic rings. The summed E-state index contributed by atoms with van der Waals surface area (Å²) in [5, 5.41) is 2.87. The fraction of sp³-hybridized carbons (Fsp3) is 0.562. The summed E-state index contributed by atoms with van der Waals surface area (Å²) in [5.41, 5.74) is 8.14. The number of hydrogen-bond acceptors (Lipinski definition) is 3. The number of carbonyl (C=O) groups is 1. The van der Waals surface area contributed by atoms with Gasteiger partial charge in [0.2, 0.25) is 5.91 Å². The summed E-state index contributed by atoms with van der Waals surface area (Å²) in [6, 6.07) is 8.08. The molecule has 0 saturated carbocycles. The van der Waals surface area contributed by atoms with Crippen LogP contribution in [0.2, 0.25) is 0 Å². The molecular formula is C16H27Cl2N3O. The van der Waals surface area contributed by atoms with Gasteiger partial charge < -0.3 is 11.1 Å². The predicted molar refractivity (Wildman–Crippen MR) is 95.6 cm³/mol. The molecule has 1 amide bonds. The highest BCUT2D eigenvalue weighted by molar-refractivity contribution is 5.85. The highest BCUT2D eigenvalue weighted by Crippen LogP contribution is 2.13. The molecule has 4 nitrogen and oxygen atoms in total. The Morgan fingerprint density at radius 1 is 1.18 bits per heavy atom. The first kappa shape index (κ1) is 21.2. The smallest absolute Gasteiger partial charge is 0.237 e. The Labute approximate surface area is 145 Å². The molecule has 22 heavy (non-hydrogen) atoms. The number of nitrogens with two attached hydrogens (primary N) is 1. The highest BCUT2D eigenvalue weighted by atomic mass is 35.5. The maximum Gasteiger partial charge on any atom is 0.237 e. The van der Waals surface area contributed by atoms with E-state index >= 15 is 0 Å². The van der Waals surface area contributed by atoms with Gasteiger partial charge in [-0.15, -0.1) is 24.8 Å². The molecule has 126 valence electrons. The van der Waals surface area contributed by atoms with E-state index in [-0.39, 0.29) is 30.7 Å². The van der Waals surface area contributed by atoms with Crippen LogP contribution >= 0.6 is 24.8 Å². The van der Waals surface area contributed by atoms with Gasteiger partial charge in [-0.3, -0.25) is 9.69 Å². The lowest BCUT2D eigenvalue weighted by molar-refractivity contribution is -0.122. The van der Waals surface area contributed by atoms with Crippen molar-refractivity contribution in [3.05, 3.63) is 35.4 Å². The summed E-state index contributed by atoms with van der Waals surface area (Å²) in [7, 11) is 0. The van der Waals surface area contributed by atoms with Crippen molar-refractivity contribution >= 4 is 30.7 Å². The van der Waals surface area contributed by atoms with Gasteiger partial charge in [-0.05, 0) is 43.5 Å². The van der Waals surface area contributed by atoms with Gasteiger partial charge in [-0.1, -0.05) is 31.2 Å². The average Bonchev–Trinajstić information content (AvgIpc) is 2.98. The number of amides is 1. The largest absolute Gasteiger partial charge is 0.351 e. The molecule has 1 atom stereocenters. The molecule has 3 N–H and O–H groups in total. The van der Waals surface area contributed by atoms with E-state index < -0.39 is 6.04 Å². The molecule has 0 radical (unpaired) electrons. The van der Waals surface area contributed by atoms with Crippen LogP contribution in [-0.4, -0.2) is 29.9 Å². The maximum absolute atomic E-state index is 11.6. The Bertz CT molecular complexity index is 434. The van der Waals surface area contributed by atoms with Gasteiger partial charge in [-0.2, -0.15) is 0 Å². The fourth-order valence-electron chi connectivity index (χ4n) is 2.47. The Morgan fingerprint density at radius 2 is 1.73 bits per heavy atom. The molecule has 0 aliphatic carbocycles. The number of rotatable bonds is 6. The number of nitrogens with zero attached hydrogens (tertiary/aromatic N) is 1. The third kappa shape index (κ3) is 6.53. The van der Waals surface area contributed by atoms with Gasteiger partial charge in [0.05, 0.1) is 6.04 Å². The average molecular weight is 348 g/mol. The van der Waals surface area contributed by atoms with E-state index in [2.05, 4.69) is 34.5 Å². The second-order valence-corrected chi connectivity index (χ2v) is 5.53. The van der Waals surface area contributed by atoms with Gasteiger partial charge >= 0.3 is 0 Å². The second kappa shape index (κ2) is 10.8. The molecule has 0 unspecified atom stereocenters. The van der Waals surface area contributed by atoms with Crippen molar-refractivity contribution in [3.8, 4) is 0 Å². The molecule has 1 saturated heterocycles. The SMILES string of the molecule is CC[C@H](N)C(=O)NCc1ccc(CN2CCCC2)cc1.Cl.Cl. The van der Waals surface area contributed by atoms with Crippen LogP contribution in [0.15, 0.2) is 24.3 Å². The molecule has 1 aromatic carbocycles. The fourth-order valence-corrected chi connectivity index (χ4v) is 2.47. The van der Waals surface area contributed by atoms with E-state index in [1.54, 1.807) is 0 Å².